The quantitative estimate of drug-likeness (QED) is 0.884. The summed E-state index contributed by atoms with van der Waals surface area (Å²) < 4.78 is 1.14. The summed E-state index contributed by atoms with van der Waals surface area (Å²) >= 11 is 3.59. The third-order valence-electron chi connectivity index (χ3n) is 4.87. The Labute approximate surface area is 136 Å². The Morgan fingerprint density at radius 2 is 1.95 bits per heavy atom. The molecule has 2 N–H and O–H groups in total. The maximum Gasteiger partial charge on any atom is 0.0500 e. The highest BCUT2D eigenvalue weighted by molar-refractivity contribution is 9.10. The van der Waals surface area contributed by atoms with Gasteiger partial charge in [0.1, 0.15) is 0 Å². The van der Waals surface area contributed by atoms with E-state index in [1.54, 1.807) is 0 Å². The van der Waals surface area contributed by atoms with E-state index in [0.717, 1.165) is 30.0 Å². The molecule has 1 aromatic rings. The lowest BCUT2D eigenvalue weighted by Crippen LogP contribution is -2.51. The topological polar surface area (TPSA) is 32.5 Å². The Hall–Kier alpha value is -0.420. The number of halogens is 1. The number of hydrogen-bond acceptors (Lipinski definition) is 3. The predicted molar refractivity (Wildman–Crippen MR) is 91.3 cm³/mol. The molecule has 0 spiro atoms. The van der Waals surface area contributed by atoms with E-state index < -0.39 is 0 Å². The van der Waals surface area contributed by atoms with Crippen molar-refractivity contribution in [1.29, 1.82) is 0 Å². The summed E-state index contributed by atoms with van der Waals surface area (Å²) in [5.41, 5.74) is 7.81. The first-order valence-corrected chi connectivity index (χ1v) is 8.97. The van der Waals surface area contributed by atoms with Crippen LogP contribution in [-0.4, -0.2) is 48.1 Å². The van der Waals surface area contributed by atoms with Gasteiger partial charge in [-0.1, -0.05) is 35.0 Å². The molecule has 2 unspecified atom stereocenters. The van der Waals surface area contributed by atoms with Crippen molar-refractivity contribution in [2.75, 3.05) is 26.2 Å². The van der Waals surface area contributed by atoms with Crippen LogP contribution in [0.15, 0.2) is 28.7 Å². The summed E-state index contributed by atoms with van der Waals surface area (Å²) in [5, 5.41) is 0. The zero-order valence-corrected chi connectivity index (χ0v) is 14.4. The molecule has 3 rings (SSSR count). The molecule has 4 heteroatoms. The fourth-order valence-electron chi connectivity index (χ4n) is 3.46. The van der Waals surface area contributed by atoms with E-state index in [2.05, 4.69) is 56.9 Å². The molecule has 0 radical (unpaired) electrons. The number of benzene rings is 1. The highest BCUT2D eigenvalue weighted by Crippen LogP contribution is 2.31. The van der Waals surface area contributed by atoms with Crippen LogP contribution in [0.4, 0.5) is 0 Å². The minimum atomic E-state index is 0.201. The number of nitrogens with two attached hydrogens (primary N) is 1. The summed E-state index contributed by atoms with van der Waals surface area (Å²) in [6.07, 6.45) is 3.83. The van der Waals surface area contributed by atoms with Gasteiger partial charge in [0.2, 0.25) is 0 Å². The van der Waals surface area contributed by atoms with Gasteiger partial charge >= 0.3 is 0 Å². The van der Waals surface area contributed by atoms with Crippen LogP contribution >= 0.6 is 15.9 Å². The fraction of sp³-hybridized carbons (Fsp3) is 0.647. The molecule has 0 amide bonds. The van der Waals surface area contributed by atoms with Crippen LogP contribution in [0.3, 0.4) is 0 Å². The third kappa shape index (κ3) is 3.67. The number of rotatable bonds is 5. The van der Waals surface area contributed by atoms with Crippen LogP contribution < -0.4 is 5.73 Å². The van der Waals surface area contributed by atoms with Gasteiger partial charge in [0.15, 0.2) is 0 Å². The van der Waals surface area contributed by atoms with E-state index in [9.17, 15) is 0 Å². The SMILES string of the molecule is CCC(N)C(c1cccc(Br)c1)N1CCN(C2CC2)CC1. The van der Waals surface area contributed by atoms with E-state index in [1.165, 1.54) is 31.5 Å². The highest BCUT2D eigenvalue weighted by Gasteiger charge is 2.34. The molecule has 1 saturated heterocycles. The van der Waals surface area contributed by atoms with Gasteiger partial charge < -0.3 is 5.73 Å². The minimum absolute atomic E-state index is 0.201. The van der Waals surface area contributed by atoms with Gasteiger partial charge in [0.05, 0.1) is 6.04 Å². The van der Waals surface area contributed by atoms with Crippen molar-refractivity contribution in [1.82, 2.24) is 9.80 Å². The Morgan fingerprint density at radius 1 is 1.24 bits per heavy atom. The number of hydrogen-bond donors (Lipinski definition) is 1. The van der Waals surface area contributed by atoms with Crippen molar-refractivity contribution in [3.8, 4) is 0 Å². The maximum atomic E-state index is 6.47. The molecule has 1 aliphatic carbocycles. The van der Waals surface area contributed by atoms with Gasteiger partial charge in [-0.3, -0.25) is 9.80 Å². The van der Waals surface area contributed by atoms with E-state index in [-0.39, 0.29) is 6.04 Å². The molecule has 2 fully saturated rings. The lowest BCUT2D eigenvalue weighted by atomic mass is 9.95. The molecule has 3 nitrogen and oxygen atoms in total. The number of nitrogens with zero attached hydrogens (tertiary/aromatic N) is 2. The average molecular weight is 352 g/mol. The summed E-state index contributed by atoms with van der Waals surface area (Å²) in [6, 6.07) is 10.1. The molecule has 0 bridgehead atoms. The lowest BCUT2D eigenvalue weighted by molar-refractivity contribution is 0.0795. The predicted octanol–water partition coefficient (Wildman–Crippen LogP) is 3.01. The second kappa shape index (κ2) is 6.78. The lowest BCUT2D eigenvalue weighted by Gasteiger charge is -2.41. The molecule has 2 atom stereocenters. The van der Waals surface area contributed by atoms with Crippen LogP contribution in [0.1, 0.15) is 37.8 Å². The van der Waals surface area contributed by atoms with Gasteiger partial charge in [0.25, 0.3) is 0 Å². The maximum absolute atomic E-state index is 6.47. The molecule has 1 saturated carbocycles. The zero-order chi connectivity index (χ0) is 14.8. The molecule has 1 heterocycles. The van der Waals surface area contributed by atoms with Gasteiger partial charge in [-0.05, 0) is 37.0 Å². The summed E-state index contributed by atoms with van der Waals surface area (Å²) in [7, 11) is 0. The fourth-order valence-corrected chi connectivity index (χ4v) is 3.88. The molecule has 0 aromatic heterocycles. The van der Waals surface area contributed by atoms with E-state index in [1.807, 2.05) is 0 Å². The average Bonchev–Trinajstić information content (AvgIpc) is 3.33. The summed E-state index contributed by atoms with van der Waals surface area (Å²) in [4.78, 5) is 5.25. The van der Waals surface area contributed by atoms with Gasteiger partial charge in [-0.2, -0.15) is 0 Å². The smallest absolute Gasteiger partial charge is 0.0500 e. The normalized spacial score (nSPS) is 24.0. The first-order valence-electron chi connectivity index (χ1n) is 8.18. The van der Waals surface area contributed by atoms with Crippen molar-refractivity contribution in [3.63, 3.8) is 0 Å². The summed E-state index contributed by atoms with van der Waals surface area (Å²) in [5.74, 6) is 0. The Morgan fingerprint density at radius 3 is 2.52 bits per heavy atom. The van der Waals surface area contributed by atoms with Crippen molar-refractivity contribution in [3.05, 3.63) is 34.3 Å². The van der Waals surface area contributed by atoms with E-state index in [0.29, 0.717) is 6.04 Å². The molecular formula is C17H26BrN3. The first-order chi connectivity index (χ1) is 10.2. The molecule has 1 aromatic carbocycles. The Balaban J connectivity index is 1.73. The first kappa shape index (κ1) is 15.5. The molecular weight excluding hydrogens is 326 g/mol. The standard InChI is InChI=1S/C17H26BrN3/c1-2-16(19)17(13-4-3-5-14(18)12-13)21-10-8-20(9-11-21)15-6-7-15/h3-5,12,15-17H,2,6-11,19H2,1H3. The van der Waals surface area contributed by atoms with Gasteiger partial charge in [0, 0.05) is 42.7 Å². The summed E-state index contributed by atoms with van der Waals surface area (Å²) in [6.45, 7) is 6.87. The zero-order valence-electron chi connectivity index (χ0n) is 12.8. The van der Waals surface area contributed by atoms with Crippen LogP contribution in [0.5, 0.6) is 0 Å². The van der Waals surface area contributed by atoms with Crippen LogP contribution in [-0.2, 0) is 0 Å². The Kier molecular flexibility index (Phi) is 4.99. The minimum Gasteiger partial charge on any atom is -0.326 e. The molecule has 1 aliphatic heterocycles. The van der Waals surface area contributed by atoms with Gasteiger partial charge in [-0.25, -0.2) is 0 Å². The van der Waals surface area contributed by atoms with E-state index in [4.69, 9.17) is 5.73 Å². The second-order valence-electron chi connectivity index (χ2n) is 6.38. The third-order valence-corrected chi connectivity index (χ3v) is 5.37. The van der Waals surface area contributed by atoms with Crippen LogP contribution in [0.25, 0.3) is 0 Å². The van der Waals surface area contributed by atoms with Crippen LogP contribution in [0.2, 0.25) is 0 Å². The number of piperazine rings is 1. The largest absolute Gasteiger partial charge is 0.326 e. The van der Waals surface area contributed by atoms with Crippen molar-refractivity contribution >= 4 is 15.9 Å². The van der Waals surface area contributed by atoms with E-state index >= 15 is 0 Å². The highest BCUT2D eigenvalue weighted by atomic mass is 79.9. The van der Waals surface area contributed by atoms with Crippen LogP contribution in [0, 0.1) is 0 Å². The van der Waals surface area contributed by atoms with Crippen molar-refractivity contribution in [2.24, 2.45) is 5.73 Å². The Bertz CT molecular complexity index is 467. The van der Waals surface area contributed by atoms with Crippen molar-refractivity contribution < 1.29 is 0 Å². The monoisotopic (exact) mass is 351 g/mol. The molecule has 21 heavy (non-hydrogen) atoms. The second-order valence-corrected chi connectivity index (χ2v) is 7.29. The van der Waals surface area contributed by atoms with Gasteiger partial charge in [-0.15, -0.1) is 0 Å². The van der Waals surface area contributed by atoms with Crippen molar-refractivity contribution in [2.45, 2.75) is 44.3 Å². The molecule has 2 aliphatic rings. The molecule has 116 valence electrons.